The van der Waals surface area contributed by atoms with Gasteiger partial charge in [0.1, 0.15) is 23.6 Å². The van der Waals surface area contributed by atoms with Crippen molar-refractivity contribution in [1.82, 2.24) is 0 Å². The van der Waals surface area contributed by atoms with Gasteiger partial charge in [-0.25, -0.2) is 0 Å². The molecule has 2 fully saturated rings. The van der Waals surface area contributed by atoms with Gasteiger partial charge in [-0.1, -0.05) is 27.7 Å². The average molecular weight is 605 g/mol. The molecule has 0 aromatic rings. The van der Waals surface area contributed by atoms with Crippen LogP contribution in [0.5, 0.6) is 0 Å². The molecule has 42 heavy (non-hydrogen) atoms. The van der Waals surface area contributed by atoms with E-state index in [1.165, 1.54) is 21.1 Å². The number of esters is 1. The predicted molar refractivity (Wildman–Crippen MR) is 154 cm³/mol. The zero-order chi connectivity index (χ0) is 32.2. The molecular weight excluding hydrogens is 548 g/mol. The van der Waals surface area contributed by atoms with E-state index in [0.717, 1.165) is 0 Å². The molecule has 13 atom stereocenters. The Morgan fingerprint density at radius 1 is 0.905 bits per heavy atom. The molecule has 0 aliphatic carbocycles. The summed E-state index contributed by atoms with van der Waals surface area (Å²) in [5.74, 6) is -3.00. The van der Waals surface area contributed by atoms with Crippen molar-refractivity contribution in [3.63, 3.8) is 0 Å². The van der Waals surface area contributed by atoms with Gasteiger partial charge in [-0.15, -0.1) is 0 Å². The summed E-state index contributed by atoms with van der Waals surface area (Å²) in [4.78, 5) is 26.3. The van der Waals surface area contributed by atoms with Gasteiger partial charge in [0.15, 0.2) is 6.29 Å². The Morgan fingerprint density at radius 3 is 2.02 bits per heavy atom. The van der Waals surface area contributed by atoms with E-state index in [4.69, 9.17) is 23.7 Å². The third kappa shape index (κ3) is 8.10. The summed E-state index contributed by atoms with van der Waals surface area (Å²) in [6.45, 7) is 13.4. The maximum absolute atomic E-state index is 13.5. The van der Waals surface area contributed by atoms with Gasteiger partial charge < -0.3 is 44.1 Å². The molecule has 11 heteroatoms. The molecule has 2 heterocycles. The fourth-order valence-electron chi connectivity index (χ4n) is 6.62. The number of aliphatic hydroxyl groups is 4. The lowest BCUT2D eigenvalue weighted by atomic mass is 9.75. The van der Waals surface area contributed by atoms with Gasteiger partial charge in [-0.05, 0) is 53.4 Å². The number of hydrogen-bond donors (Lipinski definition) is 4. The number of ketones is 1. The molecule has 2 aliphatic rings. The Balaban J connectivity index is 2.44. The Hall–Kier alpha value is -1.18. The molecule has 0 radical (unpaired) electrons. The number of carbonyl (C=O) groups excluding carboxylic acids is 2. The van der Waals surface area contributed by atoms with Crippen molar-refractivity contribution in [3.05, 3.63) is 0 Å². The quantitative estimate of drug-likeness (QED) is 0.341. The minimum absolute atomic E-state index is 0.00877. The number of cyclic esters (lactones) is 1. The third-order valence-corrected chi connectivity index (χ3v) is 9.86. The molecule has 0 saturated carbocycles. The summed E-state index contributed by atoms with van der Waals surface area (Å²) < 4.78 is 29.5. The van der Waals surface area contributed by atoms with Gasteiger partial charge in [0.25, 0.3) is 0 Å². The van der Waals surface area contributed by atoms with E-state index in [1.54, 1.807) is 41.5 Å². The summed E-state index contributed by atoms with van der Waals surface area (Å²) in [5, 5.41) is 44.6. The Morgan fingerprint density at radius 2 is 1.48 bits per heavy atom. The maximum Gasteiger partial charge on any atom is 0.306 e. The van der Waals surface area contributed by atoms with Crippen LogP contribution in [0, 0.1) is 17.8 Å². The summed E-state index contributed by atoms with van der Waals surface area (Å²) >= 11 is 0. The van der Waals surface area contributed by atoms with E-state index in [2.05, 4.69) is 0 Å². The zero-order valence-corrected chi connectivity index (χ0v) is 27.2. The molecule has 11 nitrogen and oxygen atoms in total. The monoisotopic (exact) mass is 604 g/mol. The fraction of sp³-hybridized carbons (Fsp3) is 0.935. The molecule has 4 N–H and O–H groups in total. The van der Waals surface area contributed by atoms with Crippen molar-refractivity contribution in [2.45, 2.75) is 154 Å². The zero-order valence-electron chi connectivity index (χ0n) is 27.2. The lowest BCUT2D eigenvalue weighted by molar-refractivity contribution is -0.296. The van der Waals surface area contributed by atoms with Crippen LogP contribution in [0.25, 0.3) is 0 Å². The SMILES string of the molecule is CC[C@H]1OC(=O)CCC[C@@H](O[C@H]2C[C@@](C)(OC)[C@@H](O)[C@H](C)O2)[C@H](C)[C@@H](O)[C@](C)(OC)C[C@@H](C)C(=O)[C@H](C)[C@@H](O)[C@]1(C)O. The van der Waals surface area contributed by atoms with Gasteiger partial charge >= 0.3 is 5.97 Å². The largest absolute Gasteiger partial charge is 0.459 e. The van der Waals surface area contributed by atoms with Gasteiger partial charge in [0.2, 0.25) is 0 Å². The van der Waals surface area contributed by atoms with Gasteiger partial charge in [0.05, 0.1) is 35.6 Å². The fourth-order valence-corrected chi connectivity index (χ4v) is 6.62. The van der Waals surface area contributed by atoms with Crippen LogP contribution in [0.1, 0.15) is 93.9 Å². The van der Waals surface area contributed by atoms with Crippen molar-refractivity contribution in [2.75, 3.05) is 14.2 Å². The van der Waals surface area contributed by atoms with Crippen LogP contribution in [0.2, 0.25) is 0 Å². The number of hydrogen-bond acceptors (Lipinski definition) is 11. The smallest absolute Gasteiger partial charge is 0.306 e. The Kier molecular flexibility index (Phi) is 13.0. The van der Waals surface area contributed by atoms with Crippen molar-refractivity contribution < 1.29 is 53.7 Å². The molecule has 0 amide bonds. The van der Waals surface area contributed by atoms with Crippen molar-refractivity contribution >= 4 is 11.8 Å². The van der Waals surface area contributed by atoms with Crippen molar-refractivity contribution in [2.24, 2.45) is 17.8 Å². The standard InChI is InChI=1S/C31H56O11/c1-11-22-31(8,37)27(35)19(4)25(33)17(2)15-29(6,38-9)26(34)18(3)21(13-12-14-23(32)42-22)41-24-16-30(7,39-10)28(36)20(5)40-24/h17-22,24,26-28,34-37H,11-16H2,1-10H3/t17-,18+,19+,20+,21-,22-,24+,26-,27-,28+,29-,30-,31-/m1/s1. The van der Waals surface area contributed by atoms with Crippen molar-refractivity contribution in [3.8, 4) is 0 Å². The topological polar surface area (TPSA) is 161 Å². The first-order valence-corrected chi connectivity index (χ1v) is 15.3. The first kappa shape index (κ1) is 37.0. The number of rotatable bonds is 5. The van der Waals surface area contributed by atoms with E-state index in [9.17, 15) is 30.0 Å². The van der Waals surface area contributed by atoms with Crippen LogP contribution in [0.4, 0.5) is 0 Å². The van der Waals surface area contributed by atoms with E-state index in [1.807, 2.05) is 6.92 Å². The summed E-state index contributed by atoms with van der Waals surface area (Å²) in [6, 6.07) is 0. The highest BCUT2D eigenvalue weighted by molar-refractivity contribution is 5.83. The molecule has 246 valence electrons. The predicted octanol–water partition coefficient (Wildman–Crippen LogP) is 2.52. The Labute approximate surface area is 251 Å². The number of aliphatic hydroxyl groups excluding tert-OH is 3. The molecule has 2 rings (SSSR count). The van der Waals surface area contributed by atoms with Crippen LogP contribution in [-0.4, -0.2) is 106 Å². The highest BCUT2D eigenvalue weighted by Gasteiger charge is 2.49. The van der Waals surface area contributed by atoms with E-state index >= 15 is 0 Å². The van der Waals surface area contributed by atoms with E-state index in [0.29, 0.717) is 12.8 Å². The molecule has 2 saturated heterocycles. The number of methoxy groups -OCH3 is 2. The Bertz CT molecular complexity index is 896. The molecule has 0 spiro atoms. The van der Waals surface area contributed by atoms with Crippen LogP contribution >= 0.6 is 0 Å². The first-order chi connectivity index (χ1) is 19.4. The average Bonchev–Trinajstić information content (AvgIpc) is 2.95. The normalized spacial score (nSPS) is 47.2. The molecule has 2 aliphatic heterocycles. The third-order valence-electron chi connectivity index (χ3n) is 9.86. The molecule has 0 aromatic carbocycles. The van der Waals surface area contributed by atoms with Gasteiger partial charge in [-0.2, -0.15) is 0 Å². The highest BCUT2D eigenvalue weighted by atomic mass is 16.7. The summed E-state index contributed by atoms with van der Waals surface area (Å²) in [6.07, 6.45) is -5.02. The van der Waals surface area contributed by atoms with E-state index in [-0.39, 0.29) is 31.5 Å². The highest BCUT2D eigenvalue weighted by Crippen LogP contribution is 2.38. The lowest BCUT2D eigenvalue weighted by Crippen LogP contribution is -2.57. The minimum atomic E-state index is -1.87. The number of Topliss-reactive ketones (excluding diaryl/α,β-unsaturated/α-hetero) is 1. The second-order valence-corrected chi connectivity index (χ2v) is 13.2. The molecule has 0 aromatic heterocycles. The number of ether oxygens (including phenoxy) is 5. The van der Waals surface area contributed by atoms with Crippen LogP contribution < -0.4 is 0 Å². The van der Waals surface area contributed by atoms with Gasteiger partial charge in [0, 0.05) is 44.8 Å². The maximum atomic E-state index is 13.5. The summed E-state index contributed by atoms with van der Waals surface area (Å²) in [7, 11) is 3.00. The van der Waals surface area contributed by atoms with Crippen LogP contribution in [-0.2, 0) is 33.3 Å². The van der Waals surface area contributed by atoms with Crippen LogP contribution in [0.15, 0.2) is 0 Å². The van der Waals surface area contributed by atoms with Crippen LogP contribution in [0.3, 0.4) is 0 Å². The molecule has 0 unspecified atom stereocenters. The lowest BCUT2D eigenvalue weighted by Gasteiger charge is -2.46. The molecule has 0 bridgehead atoms. The van der Waals surface area contributed by atoms with Gasteiger partial charge in [-0.3, -0.25) is 9.59 Å². The van der Waals surface area contributed by atoms with Crippen molar-refractivity contribution in [1.29, 1.82) is 0 Å². The summed E-state index contributed by atoms with van der Waals surface area (Å²) in [5.41, 5.74) is -3.94. The minimum Gasteiger partial charge on any atom is -0.459 e. The van der Waals surface area contributed by atoms with E-state index < -0.39 is 83.4 Å². The molecular formula is C31H56O11. The first-order valence-electron chi connectivity index (χ1n) is 15.3. The second-order valence-electron chi connectivity index (χ2n) is 13.2. The second kappa shape index (κ2) is 14.7. The number of carbonyl (C=O) groups is 2.